The average Bonchev–Trinajstić information content (AvgIpc) is 3.68. The number of phosphoric acid groups is 2. The molecule has 2 unspecified atom stereocenters. The number of phosphoric ester groups is 2. The minimum Gasteiger partial charge on any atom is -0.462 e. The van der Waals surface area contributed by atoms with Crippen LogP contribution in [0.2, 0.25) is 0 Å². The summed E-state index contributed by atoms with van der Waals surface area (Å²) in [7, 11) is -9.90. The third-order valence-corrected chi connectivity index (χ3v) is 18.8. The van der Waals surface area contributed by atoms with E-state index in [0.717, 1.165) is 89.9 Å². The van der Waals surface area contributed by atoms with Crippen LogP contribution >= 0.6 is 15.6 Å². The van der Waals surface area contributed by atoms with Gasteiger partial charge in [-0.25, -0.2) is 9.13 Å². The van der Waals surface area contributed by atoms with Crippen molar-refractivity contribution in [3.8, 4) is 0 Å². The van der Waals surface area contributed by atoms with Crippen molar-refractivity contribution in [1.29, 1.82) is 0 Å². The first-order valence-corrected chi connectivity index (χ1v) is 40.8. The molecule has 0 rings (SSSR count). The highest BCUT2D eigenvalue weighted by Crippen LogP contribution is 2.45. The Morgan fingerprint density at radius 1 is 0.264 bits per heavy atom. The predicted octanol–water partition coefficient (Wildman–Crippen LogP) is 21.1. The highest BCUT2D eigenvalue weighted by atomic mass is 31.2. The van der Waals surface area contributed by atoms with Gasteiger partial charge in [0.1, 0.15) is 19.3 Å². The van der Waals surface area contributed by atoms with Gasteiger partial charge in [0.05, 0.1) is 26.4 Å². The lowest BCUT2D eigenvalue weighted by Gasteiger charge is -2.21. The van der Waals surface area contributed by atoms with E-state index < -0.39 is 97.5 Å². The Kier molecular flexibility index (Phi) is 65.2. The molecule has 91 heavy (non-hydrogen) atoms. The van der Waals surface area contributed by atoms with Crippen molar-refractivity contribution in [3.05, 3.63) is 0 Å². The Balaban J connectivity index is 5.24. The van der Waals surface area contributed by atoms with Gasteiger partial charge >= 0.3 is 39.5 Å². The van der Waals surface area contributed by atoms with Crippen LogP contribution in [0.25, 0.3) is 0 Å². The largest absolute Gasteiger partial charge is 0.472 e. The standard InChI is InChI=1S/C72H140O17P2/c1-5-9-13-17-21-25-29-32-35-37-41-45-49-53-57-70(75)83-63-68(89-72(77)59-55-51-47-43-39-36-33-30-26-22-18-14-10-6-2)65-87-91(80,81)85-61-66(73)60-84-90(78,79)86-64-67(62-82-69(74)56-52-48-44-40-28-24-20-16-12-8-4)88-71(76)58-54-50-46-42-38-34-31-27-23-19-15-11-7-3/h66-68,73H,5-65H2,1-4H3,(H,78,79)(H,80,81)/t66-,67+,68+/m0/s1. The molecule has 0 heterocycles. The van der Waals surface area contributed by atoms with Crippen LogP contribution in [0, 0.1) is 0 Å². The summed E-state index contributed by atoms with van der Waals surface area (Å²) < 4.78 is 68.4. The van der Waals surface area contributed by atoms with Crippen molar-refractivity contribution < 1.29 is 80.2 Å². The number of ether oxygens (including phenoxy) is 4. The number of hydrogen-bond acceptors (Lipinski definition) is 15. The van der Waals surface area contributed by atoms with Gasteiger partial charge in [-0.3, -0.25) is 37.3 Å². The summed E-state index contributed by atoms with van der Waals surface area (Å²) in [5.74, 6) is -2.11. The van der Waals surface area contributed by atoms with Gasteiger partial charge in [-0.15, -0.1) is 0 Å². The van der Waals surface area contributed by atoms with E-state index in [9.17, 15) is 43.2 Å². The molecular formula is C72H140O17P2. The number of hydrogen-bond donors (Lipinski definition) is 3. The molecule has 0 saturated heterocycles. The zero-order chi connectivity index (χ0) is 66.8. The van der Waals surface area contributed by atoms with Gasteiger partial charge in [0.15, 0.2) is 12.2 Å². The second kappa shape index (κ2) is 66.7. The maximum absolute atomic E-state index is 13.0. The van der Waals surface area contributed by atoms with E-state index >= 15 is 0 Å². The molecule has 17 nitrogen and oxygen atoms in total. The normalized spacial score (nSPS) is 14.0. The fourth-order valence-electron chi connectivity index (χ4n) is 11.0. The van der Waals surface area contributed by atoms with Crippen LogP contribution in [0.3, 0.4) is 0 Å². The fraction of sp³-hybridized carbons (Fsp3) is 0.944. The van der Waals surface area contributed by atoms with Crippen LogP contribution in [-0.2, 0) is 65.4 Å². The summed E-state index contributed by atoms with van der Waals surface area (Å²) in [5, 5.41) is 10.6. The molecule has 5 atom stereocenters. The Hall–Kier alpha value is -1.94. The summed E-state index contributed by atoms with van der Waals surface area (Å²) in [6.45, 7) is 4.96. The smallest absolute Gasteiger partial charge is 0.462 e. The monoisotopic (exact) mass is 1340 g/mol. The molecular weight excluding hydrogens is 1200 g/mol. The first-order chi connectivity index (χ1) is 44.2. The molecule has 0 fully saturated rings. The molecule has 0 aromatic rings. The van der Waals surface area contributed by atoms with Crippen molar-refractivity contribution in [2.45, 2.75) is 399 Å². The van der Waals surface area contributed by atoms with E-state index in [0.29, 0.717) is 25.7 Å². The number of carbonyl (C=O) groups excluding carboxylic acids is 4. The Bertz CT molecular complexity index is 1740. The summed E-state index contributed by atoms with van der Waals surface area (Å²) in [4.78, 5) is 72.6. The zero-order valence-corrected chi connectivity index (χ0v) is 60.6. The van der Waals surface area contributed by atoms with Gasteiger partial charge in [-0.05, 0) is 25.7 Å². The number of rotatable bonds is 73. The average molecular weight is 1340 g/mol. The fourth-order valence-corrected chi connectivity index (χ4v) is 12.6. The summed E-state index contributed by atoms with van der Waals surface area (Å²) in [5.41, 5.74) is 0. The second-order valence-electron chi connectivity index (χ2n) is 26.0. The highest BCUT2D eigenvalue weighted by Gasteiger charge is 2.30. The quantitative estimate of drug-likeness (QED) is 0.0222. The molecule has 3 N–H and O–H groups in total. The third kappa shape index (κ3) is 66.5. The van der Waals surface area contributed by atoms with Gasteiger partial charge in [0, 0.05) is 25.7 Å². The third-order valence-electron chi connectivity index (χ3n) is 16.9. The Morgan fingerprint density at radius 2 is 0.440 bits per heavy atom. The predicted molar refractivity (Wildman–Crippen MR) is 368 cm³/mol. The van der Waals surface area contributed by atoms with Gasteiger partial charge in [-0.1, -0.05) is 329 Å². The number of aliphatic hydroxyl groups excluding tert-OH is 1. The molecule has 0 aromatic carbocycles. The van der Waals surface area contributed by atoms with E-state index in [-0.39, 0.29) is 25.7 Å². The van der Waals surface area contributed by atoms with E-state index in [1.54, 1.807) is 0 Å². The highest BCUT2D eigenvalue weighted by molar-refractivity contribution is 7.47. The van der Waals surface area contributed by atoms with Crippen molar-refractivity contribution in [1.82, 2.24) is 0 Å². The molecule has 0 radical (unpaired) electrons. The number of carbonyl (C=O) groups is 4. The SMILES string of the molecule is CCCCCCCCCCCCCCCCC(=O)OC[C@H](COP(=O)(O)OC[C@@H](O)COP(=O)(O)OC[C@@H](COC(=O)CCCCCCCCCCCC)OC(=O)CCCCCCCCCCCCCCC)OC(=O)CCCCCCCCCCCCCCCC. The van der Waals surface area contributed by atoms with Crippen molar-refractivity contribution in [2.75, 3.05) is 39.6 Å². The number of aliphatic hydroxyl groups is 1. The zero-order valence-electron chi connectivity index (χ0n) is 58.8. The number of esters is 4. The van der Waals surface area contributed by atoms with Gasteiger partial charge < -0.3 is 33.8 Å². The molecule has 540 valence electrons. The molecule has 0 aliphatic rings. The second-order valence-corrected chi connectivity index (χ2v) is 28.9. The molecule has 0 spiro atoms. The van der Waals surface area contributed by atoms with E-state index in [4.69, 9.17) is 37.0 Å². The van der Waals surface area contributed by atoms with Gasteiger partial charge in [0.25, 0.3) is 0 Å². The van der Waals surface area contributed by atoms with E-state index in [1.165, 1.54) is 212 Å². The van der Waals surface area contributed by atoms with E-state index in [1.807, 2.05) is 0 Å². The Morgan fingerprint density at radius 3 is 0.648 bits per heavy atom. The molecule has 19 heteroatoms. The lowest BCUT2D eigenvalue weighted by Crippen LogP contribution is -2.30. The molecule has 0 bridgehead atoms. The molecule has 0 aliphatic carbocycles. The lowest BCUT2D eigenvalue weighted by molar-refractivity contribution is -0.161. The van der Waals surface area contributed by atoms with E-state index in [2.05, 4.69) is 27.7 Å². The molecule has 0 amide bonds. The minimum absolute atomic E-state index is 0.108. The first kappa shape index (κ1) is 89.1. The van der Waals surface area contributed by atoms with Crippen LogP contribution in [0.5, 0.6) is 0 Å². The van der Waals surface area contributed by atoms with Crippen molar-refractivity contribution in [3.63, 3.8) is 0 Å². The summed E-state index contributed by atoms with van der Waals surface area (Å²) >= 11 is 0. The van der Waals surface area contributed by atoms with Crippen molar-refractivity contribution in [2.24, 2.45) is 0 Å². The van der Waals surface area contributed by atoms with Crippen LogP contribution < -0.4 is 0 Å². The summed E-state index contributed by atoms with van der Waals surface area (Å²) in [6.07, 6.45) is 55.2. The van der Waals surface area contributed by atoms with Crippen LogP contribution in [0.15, 0.2) is 0 Å². The number of unbranched alkanes of at least 4 members (excludes halogenated alkanes) is 47. The van der Waals surface area contributed by atoms with Gasteiger partial charge in [-0.2, -0.15) is 0 Å². The molecule has 0 saturated carbocycles. The van der Waals surface area contributed by atoms with Crippen LogP contribution in [0.1, 0.15) is 381 Å². The molecule has 0 aliphatic heterocycles. The lowest BCUT2D eigenvalue weighted by atomic mass is 10.0. The van der Waals surface area contributed by atoms with Crippen LogP contribution in [0.4, 0.5) is 0 Å². The molecule has 0 aromatic heterocycles. The maximum atomic E-state index is 13.0. The van der Waals surface area contributed by atoms with Gasteiger partial charge in [0.2, 0.25) is 0 Å². The van der Waals surface area contributed by atoms with Crippen molar-refractivity contribution >= 4 is 39.5 Å². The minimum atomic E-state index is -4.95. The topological polar surface area (TPSA) is 237 Å². The van der Waals surface area contributed by atoms with Crippen LogP contribution in [-0.4, -0.2) is 96.7 Å². The summed E-state index contributed by atoms with van der Waals surface area (Å²) in [6, 6.07) is 0. The first-order valence-electron chi connectivity index (χ1n) is 37.8. The Labute approximate surface area is 556 Å². The maximum Gasteiger partial charge on any atom is 0.472 e.